The summed E-state index contributed by atoms with van der Waals surface area (Å²) in [4.78, 5) is 0. The van der Waals surface area contributed by atoms with Crippen molar-refractivity contribution in [3.8, 4) is 0 Å². The minimum Gasteiger partial charge on any atom is -0.314 e. The van der Waals surface area contributed by atoms with E-state index >= 15 is 0 Å². The fourth-order valence-electron chi connectivity index (χ4n) is 7.55. The maximum atomic E-state index is 3.95. The molecule has 1 nitrogen and oxygen atoms in total. The van der Waals surface area contributed by atoms with Gasteiger partial charge in [-0.1, -0.05) is 47.5 Å². The van der Waals surface area contributed by atoms with Gasteiger partial charge in [-0.3, -0.25) is 0 Å². The molecule has 6 saturated carbocycles. The van der Waals surface area contributed by atoms with Gasteiger partial charge in [-0.05, 0) is 91.4 Å². The highest BCUT2D eigenvalue weighted by Crippen LogP contribution is 2.62. The van der Waals surface area contributed by atoms with E-state index in [1.54, 1.807) is 6.42 Å². The number of hydrogen-bond acceptors (Lipinski definition) is 1. The van der Waals surface area contributed by atoms with Gasteiger partial charge < -0.3 is 5.32 Å². The van der Waals surface area contributed by atoms with Crippen molar-refractivity contribution in [1.29, 1.82) is 0 Å². The molecule has 0 aliphatic heterocycles. The summed E-state index contributed by atoms with van der Waals surface area (Å²) in [6, 6.07) is 0.808. The van der Waals surface area contributed by atoms with Crippen molar-refractivity contribution in [3.63, 3.8) is 0 Å². The van der Waals surface area contributed by atoms with Gasteiger partial charge in [0.2, 0.25) is 0 Å². The van der Waals surface area contributed by atoms with E-state index in [9.17, 15) is 0 Å². The largest absolute Gasteiger partial charge is 0.314 e. The van der Waals surface area contributed by atoms with E-state index in [1.807, 2.05) is 0 Å². The van der Waals surface area contributed by atoms with Gasteiger partial charge in [0, 0.05) is 6.04 Å². The van der Waals surface area contributed by atoms with Crippen LogP contribution in [0.15, 0.2) is 0 Å². The summed E-state index contributed by atoms with van der Waals surface area (Å²) in [7, 11) is 0. The van der Waals surface area contributed by atoms with Gasteiger partial charge in [-0.2, -0.15) is 0 Å². The van der Waals surface area contributed by atoms with Crippen LogP contribution in [-0.4, -0.2) is 12.6 Å². The highest BCUT2D eigenvalue weighted by molar-refractivity contribution is 5.07. The first kappa shape index (κ1) is 17.4. The monoisotopic (exact) mass is 331 g/mol. The molecule has 0 amide bonds. The second-order valence-electron chi connectivity index (χ2n) is 11.2. The molecule has 0 heterocycles. The van der Waals surface area contributed by atoms with Crippen molar-refractivity contribution in [2.24, 2.45) is 46.3 Å². The Kier molecular flexibility index (Phi) is 4.34. The molecule has 0 saturated heterocycles. The molecule has 138 valence electrons. The zero-order valence-corrected chi connectivity index (χ0v) is 16.9. The average molecular weight is 332 g/mol. The fourth-order valence-corrected chi connectivity index (χ4v) is 7.55. The van der Waals surface area contributed by atoms with Gasteiger partial charge >= 0.3 is 0 Å². The molecule has 1 heteroatoms. The minimum absolute atomic E-state index is 0.631. The van der Waals surface area contributed by atoms with Crippen molar-refractivity contribution in [3.05, 3.63) is 0 Å². The predicted molar refractivity (Wildman–Crippen MR) is 103 cm³/mol. The fraction of sp³-hybridized carbons (Fsp3) is 1.00. The Morgan fingerprint density at radius 3 is 2.17 bits per heavy atom. The first-order chi connectivity index (χ1) is 11.3. The summed E-state index contributed by atoms with van der Waals surface area (Å²) >= 11 is 0. The number of hydrogen-bond donors (Lipinski definition) is 1. The topological polar surface area (TPSA) is 12.0 Å². The van der Waals surface area contributed by atoms with E-state index in [2.05, 4.69) is 39.9 Å². The molecule has 4 bridgehead atoms. The van der Waals surface area contributed by atoms with Crippen molar-refractivity contribution < 1.29 is 0 Å². The number of rotatable bonds is 6. The van der Waals surface area contributed by atoms with Crippen LogP contribution in [0.5, 0.6) is 0 Å². The van der Waals surface area contributed by atoms with Crippen LogP contribution in [0.4, 0.5) is 0 Å². The Morgan fingerprint density at radius 2 is 1.54 bits per heavy atom. The molecular formula is C23H41N. The zero-order valence-electron chi connectivity index (χ0n) is 16.9. The van der Waals surface area contributed by atoms with Crippen LogP contribution in [0.3, 0.4) is 0 Å². The number of nitrogens with one attached hydrogen (secondary N) is 1. The maximum Gasteiger partial charge on any atom is 0.00983 e. The molecule has 0 radical (unpaired) electrons. The third-order valence-electron chi connectivity index (χ3n) is 9.76. The Labute approximate surface area is 150 Å². The minimum atomic E-state index is 0.631. The van der Waals surface area contributed by atoms with Gasteiger partial charge in [0.15, 0.2) is 0 Å². The third-order valence-corrected chi connectivity index (χ3v) is 9.76. The smallest absolute Gasteiger partial charge is 0.00983 e. The van der Waals surface area contributed by atoms with E-state index in [0.717, 1.165) is 41.5 Å². The highest BCUT2D eigenvalue weighted by atomic mass is 14.9. The quantitative estimate of drug-likeness (QED) is 0.598. The molecule has 6 aliphatic carbocycles. The van der Waals surface area contributed by atoms with E-state index in [0.29, 0.717) is 10.8 Å². The molecule has 0 spiro atoms. The van der Waals surface area contributed by atoms with Crippen LogP contribution in [0.1, 0.15) is 86.0 Å². The Bertz CT molecular complexity index is 463. The summed E-state index contributed by atoms with van der Waals surface area (Å²) in [5.41, 5.74) is 1.30. The van der Waals surface area contributed by atoms with Gasteiger partial charge in [0.25, 0.3) is 0 Å². The van der Waals surface area contributed by atoms with Crippen molar-refractivity contribution in [2.45, 2.75) is 92.0 Å². The average Bonchev–Trinajstić information content (AvgIpc) is 2.55. The van der Waals surface area contributed by atoms with Crippen LogP contribution in [0, 0.1) is 46.3 Å². The van der Waals surface area contributed by atoms with Gasteiger partial charge in [0.05, 0.1) is 0 Å². The SMILES string of the molecule is C[C@@H]1C2C[C@H](C[C@H]1NCCCC[C@@H]1CCC3C[C@@H]1C3(C)C)C2(C)C. The predicted octanol–water partition coefficient (Wildman–Crippen LogP) is 5.89. The molecule has 24 heavy (non-hydrogen) atoms. The Hall–Kier alpha value is -0.0400. The lowest BCUT2D eigenvalue weighted by Crippen LogP contribution is -2.60. The van der Waals surface area contributed by atoms with Crippen LogP contribution in [-0.2, 0) is 0 Å². The lowest BCUT2D eigenvalue weighted by atomic mass is 9.45. The summed E-state index contributed by atoms with van der Waals surface area (Å²) in [5.74, 6) is 6.01. The molecule has 7 atom stereocenters. The lowest BCUT2D eigenvalue weighted by Gasteiger charge is -2.62. The third kappa shape index (κ3) is 2.60. The standard InChI is InChI=1S/C23H41N/c1-15-19-13-18(23(19,4)5)14-21(15)24-11-7-6-8-16-9-10-17-12-20(16)22(17,2)3/h15-21,24H,6-14H2,1-5H3/t15-,16-,17?,18-,19?,20+,21-/m1/s1. The van der Waals surface area contributed by atoms with E-state index in [1.165, 1.54) is 51.5 Å². The van der Waals surface area contributed by atoms with Gasteiger partial charge in [0.1, 0.15) is 0 Å². The molecule has 0 aromatic carbocycles. The second kappa shape index (κ2) is 6.00. The summed E-state index contributed by atoms with van der Waals surface area (Å²) in [5, 5.41) is 3.95. The number of fused-ring (bicyclic) bond motifs is 4. The van der Waals surface area contributed by atoms with Crippen molar-refractivity contribution in [2.75, 3.05) is 6.54 Å². The van der Waals surface area contributed by atoms with E-state index in [-0.39, 0.29) is 0 Å². The molecule has 0 aromatic rings. The first-order valence-corrected chi connectivity index (χ1v) is 11.0. The maximum absolute atomic E-state index is 3.95. The van der Waals surface area contributed by atoms with Gasteiger partial charge in [-0.25, -0.2) is 0 Å². The molecule has 6 aliphatic rings. The number of unbranched alkanes of at least 4 members (excludes halogenated alkanes) is 1. The molecular weight excluding hydrogens is 290 g/mol. The molecule has 6 fully saturated rings. The van der Waals surface area contributed by atoms with Crippen molar-refractivity contribution in [1.82, 2.24) is 5.32 Å². The van der Waals surface area contributed by atoms with E-state index < -0.39 is 0 Å². The second-order valence-corrected chi connectivity index (χ2v) is 11.2. The van der Waals surface area contributed by atoms with Crippen LogP contribution >= 0.6 is 0 Å². The van der Waals surface area contributed by atoms with E-state index in [4.69, 9.17) is 0 Å². The summed E-state index contributed by atoms with van der Waals surface area (Å²) in [6.07, 6.45) is 11.9. The molecule has 2 unspecified atom stereocenters. The van der Waals surface area contributed by atoms with Crippen LogP contribution < -0.4 is 5.32 Å². The van der Waals surface area contributed by atoms with Crippen LogP contribution in [0.2, 0.25) is 0 Å². The molecule has 6 rings (SSSR count). The summed E-state index contributed by atoms with van der Waals surface area (Å²) in [6.45, 7) is 13.9. The normalized spacial score (nSPS) is 47.6. The van der Waals surface area contributed by atoms with Gasteiger partial charge in [-0.15, -0.1) is 0 Å². The van der Waals surface area contributed by atoms with Crippen LogP contribution in [0.25, 0.3) is 0 Å². The lowest BCUT2D eigenvalue weighted by molar-refractivity contribution is -0.115. The molecule has 1 N–H and O–H groups in total. The zero-order chi connectivity index (χ0) is 17.1. The Morgan fingerprint density at radius 1 is 0.833 bits per heavy atom. The molecule has 0 aromatic heterocycles. The summed E-state index contributed by atoms with van der Waals surface area (Å²) < 4.78 is 0. The first-order valence-electron chi connectivity index (χ1n) is 11.0. The highest BCUT2D eigenvalue weighted by Gasteiger charge is 2.56. The van der Waals surface area contributed by atoms with Crippen molar-refractivity contribution >= 4 is 0 Å². The Balaban J connectivity index is 1.15.